The lowest BCUT2D eigenvalue weighted by Gasteiger charge is -2.21. The van der Waals surface area contributed by atoms with Crippen LogP contribution in [0.15, 0.2) is 46.2 Å². The maximum atomic E-state index is 6.49. The zero-order valence-corrected chi connectivity index (χ0v) is 12.4. The Morgan fingerprint density at radius 2 is 2.00 bits per heavy atom. The number of hydrogen-bond donors (Lipinski definition) is 0. The molecule has 3 rings (SSSR count). The number of fused-ring (bicyclic) bond motifs is 2. The molecule has 98 valence electrons. The van der Waals surface area contributed by atoms with Gasteiger partial charge in [-0.2, -0.15) is 0 Å². The summed E-state index contributed by atoms with van der Waals surface area (Å²) in [5.41, 5.74) is 2.54. The van der Waals surface area contributed by atoms with Crippen LogP contribution in [0.4, 0.5) is 0 Å². The maximum absolute atomic E-state index is 6.49. The van der Waals surface area contributed by atoms with E-state index < -0.39 is 0 Å². The quantitative estimate of drug-likeness (QED) is 0.657. The minimum atomic E-state index is 0.711. The molecule has 2 aromatic carbocycles. The summed E-state index contributed by atoms with van der Waals surface area (Å²) in [7, 11) is 0. The Labute approximate surface area is 122 Å². The van der Waals surface area contributed by atoms with E-state index in [-0.39, 0.29) is 0 Å². The molecule has 0 spiro atoms. The van der Waals surface area contributed by atoms with Crippen LogP contribution in [0, 0.1) is 0 Å². The van der Waals surface area contributed by atoms with Crippen LogP contribution in [0.2, 0.25) is 5.02 Å². The lowest BCUT2D eigenvalue weighted by Crippen LogP contribution is -2.03. The van der Waals surface area contributed by atoms with Crippen molar-refractivity contribution in [1.29, 1.82) is 0 Å². The highest BCUT2D eigenvalue weighted by atomic mass is 35.5. The van der Waals surface area contributed by atoms with Crippen molar-refractivity contribution in [3.63, 3.8) is 0 Å². The first-order valence-corrected chi connectivity index (χ1v) is 7.69. The second-order valence-corrected chi connectivity index (χ2v) is 6.05. The molecule has 0 saturated carbocycles. The van der Waals surface area contributed by atoms with Gasteiger partial charge < -0.3 is 4.74 Å². The Morgan fingerprint density at radius 1 is 1.16 bits per heavy atom. The van der Waals surface area contributed by atoms with Crippen LogP contribution in [-0.2, 0) is 6.42 Å². The third-order valence-corrected chi connectivity index (χ3v) is 4.82. The van der Waals surface area contributed by atoms with E-state index in [4.69, 9.17) is 16.3 Å². The third kappa shape index (κ3) is 2.47. The molecule has 0 aliphatic carbocycles. The van der Waals surface area contributed by atoms with Gasteiger partial charge in [-0.05, 0) is 35.7 Å². The number of ether oxygens (including phenoxy) is 1. The highest BCUT2D eigenvalue weighted by molar-refractivity contribution is 7.99. The van der Waals surface area contributed by atoms with Gasteiger partial charge in [-0.15, -0.1) is 0 Å². The van der Waals surface area contributed by atoms with E-state index in [1.165, 1.54) is 20.9 Å². The highest BCUT2D eigenvalue weighted by Crippen LogP contribution is 2.44. The fraction of sp³-hybridized carbons (Fsp3) is 0.250. The highest BCUT2D eigenvalue weighted by Gasteiger charge is 2.20. The summed E-state index contributed by atoms with van der Waals surface area (Å²) in [5, 5.41) is 0.771. The largest absolute Gasteiger partial charge is 0.492 e. The van der Waals surface area contributed by atoms with E-state index in [0.29, 0.717) is 6.61 Å². The van der Waals surface area contributed by atoms with E-state index in [1.54, 1.807) is 11.8 Å². The molecule has 0 saturated heterocycles. The van der Waals surface area contributed by atoms with Crippen molar-refractivity contribution in [2.45, 2.75) is 29.6 Å². The van der Waals surface area contributed by atoms with Crippen molar-refractivity contribution in [3.05, 3.63) is 52.5 Å². The van der Waals surface area contributed by atoms with Crippen LogP contribution in [0.25, 0.3) is 0 Å². The Balaban J connectivity index is 1.97. The lowest BCUT2D eigenvalue weighted by atomic mass is 10.0. The predicted molar refractivity (Wildman–Crippen MR) is 80.6 cm³/mol. The molecule has 19 heavy (non-hydrogen) atoms. The van der Waals surface area contributed by atoms with Crippen molar-refractivity contribution in [1.82, 2.24) is 0 Å². The van der Waals surface area contributed by atoms with E-state index >= 15 is 0 Å². The first kappa shape index (κ1) is 12.9. The fourth-order valence-electron chi connectivity index (χ4n) is 2.22. The molecule has 1 nitrogen and oxygen atoms in total. The van der Waals surface area contributed by atoms with Crippen LogP contribution in [0.3, 0.4) is 0 Å². The van der Waals surface area contributed by atoms with E-state index in [2.05, 4.69) is 37.3 Å². The second-order valence-electron chi connectivity index (χ2n) is 4.59. The number of rotatable bonds is 3. The molecular weight excluding hydrogens is 276 g/mol. The average molecular weight is 291 g/mol. The summed E-state index contributed by atoms with van der Waals surface area (Å²) in [6.45, 7) is 2.81. The fourth-order valence-corrected chi connectivity index (χ4v) is 3.65. The average Bonchev–Trinajstić information content (AvgIpc) is 2.45. The summed E-state index contributed by atoms with van der Waals surface area (Å²) >= 11 is 8.28. The Bertz CT molecular complexity index is 610. The molecule has 0 aromatic heterocycles. The first-order valence-electron chi connectivity index (χ1n) is 6.49. The van der Waals surface area contributed by atoms with Crippen molar-refractivity contribution in [2.24, 2.45) is 0 Å². The monoisotopic (exact) mass is 290 g/mol. The van der Waals surface area contributed by atoms with Gasteiger partial charge in [0.25, 0.3) is 0 Å². The third-order valence-electron chi connectivity index (χ3n) is 3.19. The first-order chi connectivity index (χ1) is 9.29. The Hall–Kier alpha value is -1.12. The molecular formula is C16H15ClOS. The molecule has 0 N–H and O–H groups in total. The minimum Gasteiger partial charge on any atom is -0.492 e. The van der Waals surface area contributed by atoms with Gasteiger partial charge in [0.05, 0.1) is 11.6 Å². The predicted octanol–water partition coefficient (Wildman–Crippen LogP) is 5.18. The smallest absolute Gasteiger partial charge is 0.138 e. The van der Waals surface area contributed by atoms with Gasteiger partial charge in [-0.25, -0.2) is 0 Å². The standard InChI is InChI=1S/C16H15ClOS/c1-2-9-18-13-7-8-15-12(16(13)17)10-11-5-3-4-6-14(11)19-15/h3-8H,2,9-10H2,1H3. The SMILES string of the molecule is CCCOc1ccc2c(c1Cl)Cc1ccccc1S2. The van der Waals surface area contributed by atoms with Gasteiger partial charge in [-0.3, -0.25) is 0 Å². The molecule has 0 fully saturated rings. The summed E-state index contributed by atoms with van der Waals surface area (Å²) in [5.74, 6) is 0.808. The summed E-state index contributed by atoms with van der Waals surface area (Å²) in [6, 6.07) is 12.6. The number of benzene rings is 2. The van der Waals surface area contributed by atoms with Gasteiger partial charge in [0.15, 0.2) is 0 Å². The zero-order valence-electron chi connectivity index (χ0n) is 10.8. The van der Waals surface area contributed by atoms with E-state index in [1.807, 2.05) is 6.07 Å². The second kappa shape index (κ2) is 5.48. The molecule has 0 unspecified atom stereocenters. The summed E-state index contributed by atoms with van der Waals surface area (Å²) in [4.78, 5) is 2.57. The number of halogens is 1. The zero-order chi connectivity index (χ0) is 13.2. The van der Waals surface area contributed by atoms with Crippen molar-refractivity contribution >= 4 is 23.4 Å². The van der Waals surface area contributed by atoms with Crippen molar-refractivity contribution in [2.75, 3.05) is 6.61 Å². The molecule has 0 radical (unpaired) electrons. The van der Waals surface area contributed by atoms with Gasteiger partial charge in [0.2, 0.25) is 0 Å². The maximum Gasteiger partial charge on any atom is 0.138 e. The van der Waals surface area contributed by atoms with Gasteiger partial charge in [0, 0.05) is 16.2 Å². The van der Waals surface area contributed by atoms with Crippen LogP contribution in [0.5, 0.6) is 5.75 Å². The van der Waals surface area contributed by atoms with Crippen molar-refractivity contribution < 1.29 is 4.74 Å². The minimum absolute atomic E-state index is 0.711. The summed E-state index contributed by atoms with van der Waals surface area (Å²) < 4.78 is 5.70. The summed E-state index contributed by atoms with van der Waals surface area (Å²) in [6.07, 6.45) is 1.88. The molecule has 2 aromatic rings. The lowest BCUT2D eigenvalue weighted by molar-refractivity contribution is 0.317. The molecule has 3 heteroatoms. The molecule has 0 atom stereocenters. The molecule has 1 heterocycles. The Kier molecular flexibility index (Phi) is 3.72. The van der Waals surface area contributed by atoms with Crippen LogP contribution >= 0.6 is 23.4 Å². The molecule has 0 amide bonds. The van der Waals surface area contributed by atoms with Gasteiger partial charge in [-0.1, -0.05) is 48.5 Å². The molecule has 1 aliphatic heterocycles. The molecule has 1 aliphatic rings. The molecule has 0 bridgehead atoms. The van der Waals surface area contributed by atoms with E-state index in [0.717, 1.165) is 23.6 Å². The topological polar surface area (TPSA) is 9.23 Å². The van der Waals surface area contributed by atoms with E-state index in [9.17, 15) is 0 Å². The number of hydrogen-bond acceptors (Lipinski definition) is 2. The van der Waals surface area contributed by atoms with Crippen molar-refractivity contribution in [3.8, 4) is 5.75 Å². The Morgan fingerprint density at radius 3 is 2.84 bits per heavy atom. The normalized spacial score (nSPS) is 12.7. The van der Waals surface area contributed by atoms with Gasteiger partial charge in [0.1, 0.15) is 5.75 Å². The van der Waals surface area contributed by atoms with Crippen LogP contribution < -0.4 is 4.74 Å². The van der Waals surface area contributed by atoms with Crippen LogP contribution in [-0.4, -0.2) is 6.61 Å². The van der Waals surface area contributed by atoms with Crippen LogP contribution in [0.1, 0.15) is 24.5 Å². The van der Waals surface area contributed by atoms with Gasteiger partial charge >= 0.3 is 0 Å².